The molecule has 0 unspecified atom stereocenters. The Morgan fingerprint density at radius 1 is 1.03 bits per heavy atom. The van der Waals surface area contributed by atoms with Crippen LogP contribution in [0.2, 0.25) is 0 Å². The van der Waals surface area contributed by atoms with Gasteiger partial charge in [0.2, 0.25) is 5.91 Å². The van der Waals surface area contributed by atoms with E-state index in [-0.39, 0.29) is 24.8 Å². The molecule has 1 aromatic heterocycles. The van der Waals surface area contributed by atoms with E-state index < -0.39 is 6.03 Å². The topological polar surface area (TPSA) is 103 Å². The number of urea groups is 1. The van der Waals surface area contributed by atoms with E-state index in [0.29, 0.717) is 17.1 Å². The summed E-state index contributed by atoms with van der Waals surface area (Å²) in [7, 11) is 0. The van der Waals surface area contributed by atoms with Gasteiger partial charge in [-0.3, -0.25) is 9.59 Å². The number of amides is 4. The van der Waals surface area contributed by atoms with Crippen molar-refractivity contribution in [3.63, 3.8) is 0 Å². The summed E-state index contributed by atoms with van der Waals surface area (Å²) in [5, 5.41) is 8.08. The molecule has 158 valence electrons. The molecule has 3 rings (SSSR count). The molecule has 1 fully saturated rings. The van der Waals surface area contributed by atoms with E-state index in [0.717, 1.165) is 37.1 Å². The average molecular weight is 409 g/mol. The van der Waals surface area contributed by atoms with Gasteiger partial charge in [0.05, 0.1) is 11.3 Å². The van der Waals surface area contributed by atoms with Crippen molar-refractivity contribution in [3.05, 3.63) is 53.2 Å². The minimum Gasteiger partial charge on any atom is -0.339 e. The standard InChI is InChI=1S/C22H27N5O3/c1-15-8-9-18(24-14-15)26-19(28)10-11-23-22(30)25-17-7-5-6-16(2)20(17)21(29)27-12-3-4-13-27/h5-9,14H,3-4,10-13H2,1-2H3,(H2,23,25,30)(H,24,26,28). The van der Waals surface area contributed by atoms with Crippen LogP contribution in [-0.2, 0) is 4.79 Å². The van der Waals surface area contributed by atoms with E-state index in [1.165, 1.54) is 0 Å². The predicted octanol–water partition coefficient (Wildman–Crippen LogP) is 3.08. The van der Waals surface area contributed by atoms with Crippen LogP contribution in [-0.4, -0.2) is 47.4 Å². The lowest BCUT2D eigenvalue weighted by Gasteiger charge is -2.19. The Kier molecular flexibility index (Phi) is 7.00. The Bertz CT molecular complexity index is 921. The van der Waals surface area contributed by atoms with Crippen molar-refractivity contribution in [1.29, 1.82) is 0 Å². The molecule has 3 N–H and O–H groups in total. The van der Waals surface area contributed by atoms with Gasteiger partial charge in [-0.05, 0) is 49.9 Å². The lowest BCUT2D eigenvalue weighted by molar-refractivity contribution is -0.116. The largest absolute Gasteiger partial charge is 0.339 e. The lowest BCUT2D eigenvalue weighted by atomic mass is 10.1. The average Bonchev–Trinajstić information content (AvgIpc) is 3.24. The Balaban J connectivity index is 1.52. The highest BCUT2D eigenvalue weighted by Gasteiger charge is 2.24. The predicted molar refractivity (Wildman–Crippen MR) is 116 cm³/mol. The van der Waals surface area contributed by atoms with Gasteiger partial charge in [-0.2, -0.15) is 0 Å². The van der Waals surface area contributed by atoms with E-state index in [1.807, 2.05) is 30.9 Å². The first-order chi connectivity index (χ1) is 14.4. The van der Waals surface area contributed by atoms with Gasteiger partial charge in [0.1, 0.15) is 5.82 Å². The summed E-state index contributed by atoms with van der Waals surface area (Å²) in [6.07, 6.45) is 3.78. The summed E-state index contributed by atoms with van der Waals surface area (Å²) in [6, 6.07) is 8.49. The molecule has 2 aromatic rings. The number of nitrogens with one attached hydrogen (secondary N) is 3. The molecule has 1 aliphatic heterocycles. The third kappa shape index (κ3) is 5.56. The molecule has 1 saturated heterocycles. The van der Waals surface area contributed by atoms with Crippen LogP contribution >= 0.6 is 0 Å². The second-order valence-electron chi connectivity index (χ2n) is 7.40. The van der Waals surface area contributed by atoms with Crippen molar-refractivity contribution in [2.75, 3.05) is 30.3 Å². The molecule has 1 aromatic carbocycles. The maximum atomic E-state index is 12.9. The van der Waals surface area contributed by atoms with Gasteiger partial charge in [0, 0.05) is 32.3 Å². The first kappa shape index (κ1) is 21.3. The van der Waals surface area contributed by atoms with Crippen molar-refractivity contribution in [2.24, 2.45) is 0 Å². The highest BCUT2D eigenvalue weighted by Crippen LogP contribution is 2.23. The molecule has 0 atom stereocenters. The number of hydrogen-bond donors (Lipinski definition) is 3. The number of pyridine rings is 1. The molecule has 2 heterocycles. The highest BCUT2D eigenvalue weighted by molar-refractivity contribution is 6.04. The Hall–Kier alpha value is -3.42. The summed E-state index contributed by atoms with van der Waals surface area (Å²) < 4.78 is 0. The number of anilines is 2. The molecule has 0 spiro atoms. The third-order valence-electron chi connectivity index (χ3n) is 4.94. The van der Waals surface area contributed by atoms with Gasteiger partial charge < -0.3 is 20.9 Å². The number of aromatic nitrogens is 1. The number of rotatable bonds is 6. The second-order valence-corrected chi connectivity index (χ2v) is 7.40. The van der Waals surface area contributed by atoms with Gasteiger partial charge in [-0.1, -0.05) is 18.2 Å². The second kappa shape index (κ2) is 9.87. The normalized spacial score (nSPS) is 13.1. The van der Waals surface area contributed by atoms with Crippen LogP contribution in [0.1, 0.15) is 40.7 Å². The molecule has 4 amide bonds. The Morgan fingerprint density at radius 2 is 1.80 bits per heavy atom. The highest BCUT2D eigenvalue weighted by atomic mass is 16.2. The van der Waals surface area contributed by atoms with E-state index in [2.05, 4.69) is 20.9 Å². The molecule has 0 saturated carbocycles. The molecule has 1 aliphatic rings. The number of hydrogen-bond acceptors (Lipinski definition) is 4. The van der Waals surface area contributed by atoms with Crippen molar-refractivity contribution in [2.45, 2.75) is 33.1 Å². The zero-order valence-electron chi connectivity index (χ0n) is 17.3. The summed E-state index contributed by atoms with van der Waals surface area (Å²) in [5.41, 5.74) is 2.80. The lowest BCUT2D eigenvalue weighted by Crippen LogP contribution is -2.33. The number of carbonyl (C=O) groups is 3. The summed E-state index contributed by atoms with van der Waals surface area (Å²) in [6.45, 7) is 5.41. The maximum absolute atomic E-state index is 12.9. The van der Waals surface area contributed by atoms with Crippen molar-refractivity contribution >= 4 is 29.4 Å². The van der Waals surface area contributed by atoms with Crippen LogP contribution in [0.5, 0.6) is 0 Å². The zero-order valence-corrected chi connectivity index (χ0v) is 17.3. The summed E-state index contributed by atoms with van der Waals surface area (Å²) >= 11 is 0. The van der Waals surface area contributed by atoms with E-state index in [9.17, 15) is 14.4 Å². The fourth-order valence-corrected chi connectivity index (χ4v) is 3.34. The number of aryl methyl sites for hydroxylation is 2. The molecule has 0 bridgehead atoms. The first-order valence-corrected chi connectivity index (χ1v) is 10.1. The van der Waals surface area contributed by atoms with E-state index in [1.54, 1.807) is 24.4 Å². The van der Waals surface area contributed by atoms with Gasteiger partial charge in [-0.15, -0.1) is 0 Å². The van der Waals surface area contributed by atoms with Crippen LogP contribution in [0.4, 0.5) is 16.3 Å². The fraction of sp³-hybridized carbons (Fsp3) is 0.364. The maximum Gasteiger partial charge on any atom is 0.319 e. The van der Waals surface area contributed by atoms with Gasteiger partial charge in [0.15, 0.2) is 0 Å². The number of benzene rings is 1. The molecule has 8 heteroatoms. The Labute approximate surface area is 176 Å². The van der Waals surface area contributed by atoms with Gasteiger partial charge >= 0.3 is 6.03 Å². The third-order valence-corrected chi connectivity index (χ3v) is 4.94. The van der Waals surface area contributed by atoms with Crippen LogP contribution in [0, 0.1) is 13.8 Å². The zero-order chi connectivity index (χ0) is 21.5. The van der Waals surface area contributed by atoms with Gasteiger partial charge in [0.25, 0.3) is 5.91 Å². The fourth-order valence-electron chi connectivity index (χ4n) is 3.34. The minimum absolute atomic E-state index is 0.0640. The molecular weight excluding hydrogens is 382 g/mol. The van der Waals surface area contributed by atoms with Crippen molar-refractivity contribution in [3.8, 4) is 0 Å². The van der Waals surface area contributed by atoms with Crippen LogP contribution in [0.15, 0.2) is 36.5 Å². The smallest absolute Gasteiger partial charge is 0.319 e. The molecular formula is C22H27N5O3. The summed E-state index contributed by atoms with van der Waals surface area (Å²) in [4.78, 5) is 43.1. The van der Waals surface area contributed by atoms with E-state index in [4.69, 9.17) is 0 Å². The van der Waals surface area contributed by atoms with Crippen molar-refractivity contribution < 1.29 is 14.4 Å². The first-order valence-electron chi connectivity index (χ1n) is 10.1. The molecule has 8 nitrogen and oxygen atoms in total. The molecule has 30 heavy (non-hydrogen) atoms. The summed E-state index contributed by atoms with van der Waals surface area (Å²) in [5.74, 6) is 0.165. The Morgan fingerprint density at radius 3 is 2.50 bits per heavy atom. The van der Waals surface area contributed by atoms with E-state index >= 15 is 0 Å². The number of likely N-dealkylation sites (tertiary alicyclic amines) is 1. The molecule has 0 radical (unpaired) electrons. The monoisotopic (exact) mass is 409 g/mol. The van der Waals surface area contributed by atoms with Gasteiger partial charge in [-0.25, -0.2) is 9.78 Å². The number of carbonyl (C=O) groups excluding carboxylic acids is 3. The van der Waals surface area contributed by atoms with Crippen LogP contribution in [0.25, 0.3) is 0 Å². The quantitative estimate of drug-likeness (QED) is 0.682. The number of nitrogens with zero attached hydrogens (tertiary/aromatic N) is 2. The van der Waals surface area contributed by atoms with Crippen LogP contribution < -0.4 is 16.0 Å². The SMILES string of the molecule is Cc1ccc(NC(=O)CCNC(=O)Nc2cccc(C)c2C(=O)N2CCCC2)nc1. The molecule has 0 aliphatic carbocycles. The minimum atomic E-state index is -0.461. The van der Waals surface area contributed by atoms with Crippen molar-refractivity contribution in [1.82, 2.24) is 15.2 Å². The van der Waals surface area contributed by atoms with Crippen LogP contribution in [0.3, 0.4) is 0 Å².